The minimum absolute atomic E-state index is 0.815. The Kier molecular flexibility index (Phi) is 8.26. The molecule has 0 aliphatic rings. The van der Waals surface area contributed by atoms with E-state index in [-0.39, 0.29) is 0 Å². The second kappa shape index (κ2) is 9.70. The molecule has 0 saturated heterocycles. The van der Waals surface area contributed by atoms with Gasteiger partial charge in [-0.3, -0.25) is 0 Å². The Hall–Kier alpha value is -1.18. The molecule has 0 amide bonds. The lowest BCUT2D eigenvalue weighted by Gasteiger charge is -2.26. The minimum atomic E-state index is 0.815. The maximum absolute atomic E-state index is 9.47. The van der Waals surface area contributed by atoms with E-state index in [4.69, 9.17) is 0 Å². The molecule has 0 bridgehead atoms. The van der Waals surface area contributed by atoms with Gasteiger partial charge in [0.05, 0.1) is 11.3 Å². The van der Waals surface area contributed by atoms with E-state index >= 15 is 0 Å². The fraction of sp³-hybridized carbons (Fsp3) is 0.588. The molecule has 1 aromatic carbocycles. The quantitative estimate of drug-likeness (QED) is 0.649. The molecule has 0 atom stereocenters. The predicted octanol–water partition coefficient (Wildman–Crippen LogP) is 3.84. The molecule has 116 valence electrons. The van der Waals surface area contributed by atoms with E-state index < -0.39 is 0 Å². The van der Waals surface area contributed by atoms with Crippen LogP contribution in [0.3, 0.4) is 0 Å². The normalized spacial score (nSPS) is 10.7. The zero-order valence-electron chi connectivity index (χ0n) is 13.7. The smallest absolute Gasteiger partial charge is 0.103 e. The monoisotopic (exact) mass is 305 g/mol. The number of hydrogen-bond acceptors (Lipinski definition) is 4. The Morgan fingerprint density at radius 3 is 2.33 bits per heavy atom. The maximum atomic E-state index is 9.47. The molecular weight excluding hydrogens is 278 g/mol. The molecule has 0 fully saturated rings. The van der Waals surface area contributed by atoms with Gasteiger partial charge in [-0.15, -0.1) is 11.8 Å². The van der Waals surface area contributed by atoms with Crippen molar-refractivity contribution >= 4 is 17.4 Å². The van der Waals surface area contributed by atoms with Gasteiger partial charge in [-0.2, -0.15) is 5.26 Å². The molecule has 0 N–H and O–H groups in total. The van der Waals surface area contributed by atoms with E-state index in [9.17, 15) is 5.26 Å². The first-order valence-corrected chi connectivity index (χ1v) is 8.98. The topological polar surface area (TPSA) is 30.3 Å². The fourth-order valence-corrected chi connectivity index (χ4v) is 3.11. The Balaban J connectivity index is 2.79. The van der Waals surface area contributed by atoms with Crippen LogP contribution in [0.15, 0.2) is 23.1 Å². The van der Waals surface area contributed by atoms with Crippen LogP contribution in [0, 0.1) is 11.3 Å². The molecule has 1 aromatic rings. The van der Waals surface area contributed by atoms with Crippen molar-refractivity contribution in [2.45, 2.75) is 32.1 Å². The van der Waals surface area contributed by atoms with Gasteiger partial charge in [0, 0.05) is 18.0 Å². The van der Waals surface area contributed by atoms with Crippen molar-refractivity contribution in [3.8, 4) is 6.07 Å². The number of hydrogen-bond donors (Lipinski definition) is 0. The average Bonchev–Trinajstić information content (AvgIpc) is 2.54. The van der Waals surface area contributed by atoms with Gasteiger partial charge in [0.25, 0.3) is 0 Å². The standard InChI is InChI=1S/C17H27N3S/c1-5-19(6-2)12-9-13-20(7-3)16-10-8-11-17(21-4)15(16)14-18/h8,10-11H,5-7,9,12-13H2,1-4H3. The summed E-state index contributed by atoms with van der Waals surface area (Å²) in [6, 6.07) is 8.52. The van der Waals surface area contributed by atoms with Crippen LogP contribution in [0.1, 0.15) is 32.8 Å². The van der Waals surface area contributed by atoms with Gasteiger partial charge in [-0.1, -0.05) is 19.9 Å². The van der Waals surface area contributed by atoms with Gasteiger partial charge < -0.3 is 9.80 Å². The number of thioether (sulfide) groups is 1. The van der Waals surface area contributed by atoms with E-state index in [1.807, 2.05) is 12.3 Å². The predicted molar refractivity (Wildman–Crippen MR) is 93.2 cm³/mol. The van der Waals surface area contributed by atoms with Crippen LogP contribution in [-0.2, 0) is 0 Å². The molecule has 0 spiro atoms. The number of benzene rings is 1. The number of anilines is 1. The first-order chi connectivity index (χ1) is 10.2. The third-order valence-electron chi connectivity index (χ3n) is 3.86. The third-order valence-corrected chi connectivity index (χ3v) is 4.64. The highest BCUT2D eigenvalue weighted by Crippen LogP contribution is 2.29. The summed E-state index contributed by atoms with van der Waals surface area (Å²) < 4.78 is 0. The van der Waals surface area contributed by atoms with Crippen LogP contribution in [-0.4, -0.2) is 43.9 Å². The van der Waals surface area contributed by atoms with Crippen molar-refractivity contribution in [2.24, 2.45) is 0 Å². The molecular formula is C17H27N3S. The second-order valence-corrected chi connectivity index (χ2v) is 5.77. The molecule has 0 heterocycles. The van der Waals surface area contributed by atoms with Crippen molar-refractivity contribution in [2.75, 3.05) is 43.9 Å². The first-order valence-electron chi connectivity index (χ1n) is 7.76. The van der Waals surface area contributed by atoms with Gasteiger partial charge >= 0.3 is 0 Å². The second-order valence-electron chi connectivity index (χ2n) is 4.93. The number of nitrogens with zero attached hydrogens (tertiary/aromatic N) is 3. The van der Waals surface area contributed by atoms with Crippen molar-refractivity contribution in [1.82, 2.24) is 4.90 Å². The molecule has 0 aromatic heterocycles. The van der Waals surface area contributed by atoms with Gasteiger partial charge in [0.1, 0.15) is 6.07 Å². The van der Waals surface area contributed by atoms with Gasteiger partial charge in [0.15, 0.2) is 0 Å². The lowest BCUT2D eigenvalue weighted by atomic mass is 10.1. The lowest BCUT2D eigenvalue weighted by Crippen LogP contribution is -2.30. The zero-order chi connectivity index (χ0) is 15.7. The third kappa shape index (κ3) is 4.94. The van der Waals surface area contributed by atoms with E-state index in [1.165, 1.54) is 0 Å². The summed E-state index contributed by atoms with van der Waals surface area (Å²) in [6.45, 7) is 11.8. The zero-order valence-corrected chi connectivity index (χ0v) is 14.5. The van der Waals surface area contributed by atoms with Gasteiger partial charge in [0.2, 0.25) is 0 Å². The fourth-order valence-electron chi connectivity index (χ4n) is 2.54. The lowest BCUT2D eigenvalue weighted by molar-refractivity contribution is 0.301. The van der Waals surface area contributed by atoms with Crippen LogP contribution >= 0.6 is 11.8 Å². The number of rotatable bonds is 9. The molecule has 0 unspecified atom stereocenters. The maximum Gasteiger partial charge on any atom is 0.103 e. The average molecular weight is 305 g/mol. The van der Waals surface area contributed by atoms with E-state index in [0.717, 1.165) is 55.3 Å². The largest absolute Gasteiger partial charge is 0.371 e. The van der Waals surface area contributed by atoms with E-state index in [0.29, 0.717) is 0 Å². The molecule has 21 heavy (non-hydrogen) atoms. The molecule has 3 nitrogen and oxygen atoms in total. The summed E-state index contributed by atoms with van der Waals surface area (Å²) in [7, 11) is 0. The van der Waals surface area contributed by atoms with Crippen molar-refractivity contribution < 1.29 is 0 Å². The summed E-state index contributed by atoms with van der Waals surface area (Å²) in [5, 5.41) is 9.47. The molecule has 0 aliphatic heterocycles. The molecule has 0 aliphatic carbocycles. The summed E-state index contributed by atoms with van der Waals surface area (Å²) in [5.74, 6) is 0. The Morgan fingerprint density at radius 1 is 1.10 bits per heavy atom. The Morgan fingerprint density at radius 2 is 1.81 bits per heavy atom. The van der Waals surface area contributed by atoms with E-state index in [2.05, 4.69) is 48.8 Å². The Bertz CT molecular complexity index is 464. The van der Waals surface area contributed by atoms with Crippen molar-refractivity contribution in [3.63, 3.8) is 0 Å². The van der Waals surface area contributed by atoms with Crippen LogP contribution in [0.2, 0.25) is 0 Å². The SMILES string of the molecule is CCN(CC)CCCN(CC)c1cccc(SC)c1C#N. The number of nitriles is 1. The summed E-state index contributed by atoms with van der Waals surface area (Å²) in [6.07, 6.45) is 3.15. The van der Waals surface area contributed by atoms with Crippen LogP contribution < -0.4 is 4.90 Å². The van der Waals surface area contributed by atoms with Crippen LogP contribution in [0.5, 0.6) is 0 Å². The van der Waals surface area contributed by atoms with Gasteiger partial charge in [-0.25, -0.2) is 0 Å². The first kappa shape index (κ1) is 17.9. The van der Waals surface area contributed by atoms with E-state index in [1.54, 1.807) is 11.8 Å². The molecule has 1 rings (SSSR count). The van der Waals surface area contributed by atoms with Crippen molar-refractivity contribution in [1.29, 1.82) is 5.26 Å². The van der Waals surface area contributed by atoms with Crippen LogP contribution in [0.4, 0.5) is 5.69 Å². The Labute approximate surface area is 133 Å². The molecule has 4 heteroatoms. The highest BCUT2D eigenvalue weighted by atomic mass is 32.2. The molecule has 0 radical (unpaired) electrons. The highest BCUT2D eigenvalue weighted by molar-refractivity contribution is 7.98. The van der Waals surface area contributed by atoms with Crippen LogP contribution in [0.25, 0.3) is 0 Å². The highest BCUT2D eigenvalue weighted by Gasteiger charge is 2.13. The van der Waals surface area contributed by atoms with Crippen molar-refractivity contribution in [3.05, 3.63) is 23.8 Å². The van der Waals surface area contributed by atoms with Gasteiger partial charge in [-0.05, 0) is 51.4 Å². The summed E-state index contributed by atoms with van der Waals surface area (Å²) in [4.78, 5) is 5.83. The summed E-state index contributed by atoms with van der Waals surface area (Å²) >= 11 is 1.64. The molecule has 0 saturated carbocycles. The summed E-state index contributed by atoms with van der Waals surface area (Å²) in [5.41, 5.74) is 1.89. The minimum Gasteiger partial charge on any atom is -0.371 e.